The summed E-state index contributed by atoms with van der Waals surface area (Å²) in [4.78, 5) is 15.1. The fraction of sp³-hybridized carbons (Fsp3) is 0.381. The van der Waals surface area contributed by atoms with Crippen molar-refractivity contribution in [3.63, 3.8) is 0 Å². The van der Waals surface area contributed by atoms with Gasteiger partial charge in [0.1, 0.15) is 11.3 Å². The molecule has 6 nitrogen and oxygen atoms in total. The summed E-state index contributed by atoms with van der Waals surface area (Å²) < 4.78 is 36.2. The smallest absolute Gasteiger partial charge is 0.290 e. The summed E-state index contributed by atoms with van der Waals surface area (Å²) in [5, 5.41) is 0.899. The summed E-state index contributed by atoms with van der Waals surface area (Å²) in [6, 6.07) is 7.07. The molecular formula is C21H22BrNO5S. The van der Waals surface area contributed by atoms with E-state index in [0.717, 1.165) is 22.1 Å². The Morgan fingerprint density at radius 3 is 2.52 bits per heavy atom. The zero-order valence-corrected chi connectivity index (χ0v) is 18.9. The van der Waals surface area contributed by atoms with Crippen LogP contribution in [0.3, 0.4) is 0 Å². The van der Waals surface area contributed by atoms with Crippen LogP contribution in [-0.2, 0) is 16.4 Å². The summed E-state index contributed by atoms with van der Waals surface area (Å²) in [5.41, 5.74) is 3.64. The molecule has 3 aromatic rings. The normalized spacial score (nSPS) is 18.4. The highest BCUT2D eigenvalue weighted by Crippen LogP contribution is 2.31. The number of halogens is 1. The number of amides is 1. The largest absolute Gasteiger partial charge is 0.452 e. The van der Waals surface area contributed by atoms with Gasteiger partial charge in [0.2, 0.25) is 0 Å². The second kappa shape index (κ2) is 7.32. The Labute approximate surface area is 177 Å². The maximum atomic E-state index is 13.5. The first kappa shape index (κ1) is 20.2. The van der Waals surface area contributed by atoms with Crippen molar-refractivity contribution >= 4 is 42.6 Å². The van der Waals surface area contributed by atoms with E-state index in [1.54, 1.807) is 17.0 Å². The van der Waals surface area contributed by atoms with Crippen LogP contribution in [0.2, 0.25) is 0 Å². The number of carbonyl (C=O) groups excluding carboxylic acids is 1. The molecule has 1 amide bonds. The standard InChI is InChI=1S/C21H22BrNO5S/c1-12-8-17-14(3)20(28-18(17)9-13(12)2)21(24)23(10-16-4-5-19(22)27-16)15-6-7-29(25,26)11-15/h4-5,8-9,15H,6-7,10-11H2,1-3H3/t15-/m0/s1. The molecule has 1 aliphatic heterocycles. The molecule has 4 rings (SSSR count). The molecule has 1 saturated heterocycles. The molecule has 8 heteroatoms. The average Bonchev–Trinajstić information content (AvgIpc) is 3.31. The van der Waals surface area contributed by atoms with E-state index in [2.05, 4.69) is 15.9 Å². The van der Waals surface area contributed by atoms with Crippen molar-refractivity contribution in [3.05, 3.63) is 57.1 Å². The van der Waals surface area contributed by atoms with E-state index < -0.39 is 15.9 Å². The molecule has 0 radical (unpaired) electrons. The van der Waals surface area contributed by atoms with E-state index in [1.165, 1.54) is 0 Å². The van der Waals surface area contributed by atoms with Gasteiger partial charge in [0.25, 0.3) is 5.91 Å². The van der Waals surface area contributed by atoms with E-state index >= 15 is 0 Å². The Balaban J connectivity index is 1.74. The predicted molar refractivity (Wildman–Crippen MR) is 114 cm³/mol. The number of benzene rings is 1. The van der Waals surface area contributed by atoms with Crippen LogP contribution in [0.5, 0.6) is 0 Å². The third kappa shape index (κ3) is 3.88. The van der Waals surface area contributed by atoms with Gasteiger partial charge in [-0.1, -0.05) is 0 Å². The van der Waals surface area contributed by atoms with Crippen LogP contribution in [0.15, 0.2) is 37.8 Å². The van der Waals surface area contributed by atoms with Gasteiger partial charge >= 0.3 is 0 Å². The summed E-state index contributed by atoms with van der Waals surface area (Å²) >= 11 is 3.27. The molecule has 0 N–H and O–H groups in total. The van der Waals surface area contributed by atoms with Gasteiger partial charge in [0, 0.05) is 17.0 Å². The van der Waals surface area contributed by atoms with Gasteiger partial charge < -0.3 is 13.7 Å². The van der Waals surface area contributed by atoms with Crippen LogP contribution in [0.1, 0.15) is 39.4 Å². The lowest BCUT2D eigenvalue weighted by atomic mass is 10.0. The van der Waals surface area contributed by atoms with Gasteiger partial charge in [-0.25, -0.2) is 8.42 Å². The van der Waals surface area contributed by atoms with Gasteiger partial charge in [-0.3, -0.25) is 4.79 Å². The third-order valence-electron chi connectivity index (χ3n) is 5.61. The van der Waals surface area contributed by atoms with Crippen molar-refractivity contribution in [2.24, 2.45) is 0 Å². The molecule has 0 aliphatic carbocycles. The predicted octanol–water partition coefficient (Wildman–Crippen LogP) is 4.54. The van der Waals surface area contributed by atoms with Crippen LogP contribution in [-0.4, -0.2) is 36.8 Å². The highest BCUT2D eigenvalue weighted by molar-refractivity contribution is 9.10. The van der Waals surface area contributed by atoms with Crippen molar-refractivity contribution in [2.45, 2.75) is 39.8 Å². The highest BCUT2D eigenvalue weighted by Gasteiger charge is 2.37. The van der Waals surface area contributed by atoms with E-state index in [0.29, 0.717) is 22.4 Å². The van der Waals surface area contributed by atoms with E-state index in [-0.39, 0.29) is 29.7 Å². The molecule has 1 aliphatic rings. The number of sulfone groups is 1. The van der Waals surface area contributed by atoms with Gasteiger partial charge in [0.05, 0.1) is 18.1 Å². The Hall–Kier alpha value is -2.06. The number of hydrogen-bond acceptors (Lipinski definition) is 5. The third-order valence-corrected chi connectivity index (χ3v) is 7.79. The Kier molecular flexibility index (Phi) is 5.11. The SMILES string of the molecule is Cc1cc2oc(C(=O)N(Cc3ccc(Br)o3)[C@H]3CCS(=O)(=O)C3)c(C)c2cc1C. The molecule has 1 fully saturated rings. The summed E-state index contributed by atoms with van der Waals surface area (Å²) in [6.45, 7) is 6.06. The van der Waals surface area contributed by atoms with Gasteiger partial charge in [-0.05, 0) is 78.5 Å². The fourth-order valence-electron chi connectivity index (χ4n) is 3.80. The molecule has 1 aromatic carbocycles. The average molecular weight is 480 g/mol. The molecule has 3 heterocycles. The Morgan fingerprint density at radius 1 is 1.17 bits per heavy atom. The van der Waals surface area contributed by atoms with Crippen LogP contribution in [0.25, 0.3) is 11.0 Å². The summed E-state index contributed by atoms with van der Waals surface area (Å²) in [5.74, 6) is 0.553. The van der Waals surface area contributed by atoms with Gasteiger partial charge in [-0.2, -0.15) is 0 Å². The lowest BCUT2D eigenvalue weighted by molar-refractivity contribution is 0.0634. The maximum absolute atomic E-state index is 13.5. The van der Waals surface area contributed by atoms with Gasteiger partial charge in [-0.15, -0.1) is 0 Å². The molecular weight excluding hydrogens is 458 g/mol. The van der Waals surface area contributed by atoms with E-state index in [9.17, 15) is 13.2 Å². The van der Waals surface area contributed by atoms with Crippen LogP contribution in [0.4, 0.5) is 0 Å². The van der Waals surface area contributed by atoms with Crippen molar-refractivity contribution in [2.75, 3.05) is 11.5 Å². The molecule has 154 valence electrons. The number of fused-ring (bicyclic) bond motifs is 1. The van der Waals surface area contributed by atoms with Crippen molar-refractivity contribution < 1.29 is 22.0 Å². The van der Waals surface area contributed by atoms with Crippen LogP contribution in [0, 0.1) is 20.8 Å². The summed E-state index contributed by atoms with van der Waals surface area (Å²) in [6.07, 6.45) is 0.410. The minimum Gasteiger partial charge on any atom is -0.452 e. The number of nitrogens with zero attached hydrogens (tertiary/aromatic N) is 1. The topological polar surface area (TPSA) is 80.7 Å². The Morgan fingerprint density at radius 2 is 1.90 bits per heavy atom. The maximum Gasteiger partial charge on any atom is 0.290 e. The summed E-state index contributed by atoms with van der Waals surface area (Å²) in [7, 11) is -3.15. The van der Waals surface area contributed by atoms with E-state index in [1.807, 2.05) is 32.9 Å². The number of furan rings is 2. The molecule has 1 atom stereocenters. The molecule has 0 bridgehead atoms. The fourth-order valence-corrected chi connectivity index (χ4v) is 5.87. The lowest BCUT2D eigenvalue weighted by Crippen LogP contribution is -2.40. The second-order valence-electron chi connectivity index (χ2n) is 7.68. The zero-order valence-electron chi connectivity index (χ0n) is 16.5. The number of aryl methyl sites for hydroxylation is 3. The molecule has 2 aromatic heterocycles. The lowest BCUT2D eigenvalue weighted by Gasteiger charge is -2.26. The minimum atomic E-state index is -3.15. The zero-order chi connectivity index (χ0) is 20.9. The van der Waals surface area contributed by atoms with Crippen molar-refractivity contribution in [3.8, 4) is 0 Å². The number of hydrogen-bond donors (Lipinski definition) is 0. The second-order valence-corrected chi connectivity index (χ2v) is 10.7. The van der Waals surface area contributed by atoms with Crippen LogP contribution < -0.4 is 0 Å². The molecule has 29 heavy (non-hydrogen) atoms. The van der Waals surface area contributed by atoms with Crippen molar-refractivity contribution in [1.29, 1.82) is 0 Å². The first-order valence-corrected chi connectivity index (χ1v) is 12.0. The molecule has 0 unspecified atom stereocenters. The number of carbonyl (C=O) groups is 1. The quantitative estimate of drug-likeness (QED) is 0.548. The first-order valence-electron chi connectivity index (χ1n) is 9.40. The van der Waals surface area contributed by atoms with Crippen molar-refractivity contribution in [1.82, 2.24) is 4.90 Å². The molecule has 0 saturated carbocycles. The van der Waals surface area contributed by atoms with Crippen LogP contribution >= 0.6 is 15.9 Å². The monoisotopic (exact) mass is 479 g/mol. The highest BCUT2D eigenvalue weighted by atomic mass is 79.9. The Bertz CT molecular complexity index is 1210. The number of rotatable bonds is 4. The minimum absolute atomic E-state index is 0.0435. The van der Waals surface area contributed by atoms with E-state index in [4.69, 9.17) is 8.83 Å². The first-order chi connectivity index (χ1) is 13.6. The van der Waals surface area contributed by atoms with Gasteiger partial charge in [0.15, 0.2) is 20.3 Å². The molecule has 0 spiro atoms.